The van der Waals surface area contributed by atoms with Crippen molar-refractivity contribution in [1.82, 2.24) is 14.7 Å². The molecule has 3 heterocycles. The second-order valence-corrected chi connectivity index (χ2v) is 7.43. The Labute approximate surface area is 180 Å². The first-order chi connectivity index (χ1) is 14.8. The average Bonchev–Trinajstić information content (AvgIpc) is 3.26. The van der Waals surface area contributed by atoms with E-state index < -0.39 is 24.2 Å². The first-order valence-corrected chi connectivity index (χ1v) is 9.56. The Balaban J connectivity index is 0.000000451. The molecule has 1 unspecified atom stereocenters. The third-order valence-electron chi connectivity index (χ3n) is 4.54. The minimum Gasteiger partial charge on any atom is -0.475 e. The van der Waals surface area contributed by atoms with E-state index in [0.717, 1.165) is 11.5 Å². The Morgan fingerprint density at radius 2 is 1.94 bits per heavy atom. The van der Waals surface area contributed by atoms with Crippen molar-refractivity contribution in [3.8, 4) is 0 Å². The standard InChI is InChI=1S/C17H22N4O4.C2HF3O2/c1-9-5-13(8-21-7-11(3)18-15(9)21)17(23)24-12(4)16(22)19-14-6-10(2)20-25-14;3-2(4,5)1(6)7/h6-7,9,12-13H,5,8H2,1-4H3,(H,19,22);(H,6,7)/t9-,12?,13+;/m0./s1. The summed E-state index contributed by atoms with van der Waals surface area (Å²) in [5.74, 6) is -2.48. The van der Waals surface area contributed by atoms with Gasteiger partial charge in [-0.15, -0.1) is 0 Å². The number of aliphatic carboxylic acids is 1. The molecule has 3 rings (SSSR count). The molecular formula is C19H23F3N4O6. The molecule has 1 aliphatic heterocycles. The zero-order chi connectivity index (χ0) is 24.2. The number of alkyl halides is 3. The third kappa shape index (κ3) is 6.56. The number of aromatic nitrogens is 3. The van der Waals surface area contributed by atoms with E-state index in [-0.39, 0.29) is 23.7 Å². The van der Waals surface area contributed by atoms with Crippen LogP contribution in [-0.2, 0) is 25.7 Å². The number of nitrogens with one attached hydrogen (secondary N) is 1. The summed E-state index contributed by atoms with van der Waals surface area (Å²) in [6.07, 6.45) is -3.40. The van der Waals surface area contributed by atoms with E-state index >= 15 is 0 Å². The number of carbonyl (C=O) groups excluding carboxylic acids is 2. The first kappa shape index (κ1) is 24.9. The van der Waals surface area contributed by atoms with Gasteiger partial charge in [-0.3, -0.25) is 14.9 Å². The summed E-state index contributed by atoms with van der Waals surface area (Å²) >= 11 is 0. The van der Waals surface area contributed by atoms with Crippen molar-refractivity contribution in [2.45, 2.75) is 58.9 Å². The van der Waals surface area contributed by atoms with Gasteiger partial charge in [-0.25, -0.2) is 9.78 Å². The van der Waals surface area contributed by atoms with Crippen molar-refractivity contribution in [2.24, 2.45) is 5.92 Å². The van der Waals surface area contributed by atoms with Crippen LogP contribution in [-0.4, -0.2) is 49.9 Å². The molecule has 2 aromatic rings. The summed E-state index contributed by atoms with van der Waals surface area (Å²) in [6, 6.07) is 1.60. The highest BCUT2D eigenvalue weighted by Crippen LogP contribution is 2.30. The van der Waals surface area contributed by atoms with E-state index in [1.165, 1.54) is 6.92 Å². The number of esters is 1. The molecule has 0 aliphatic carbocycles. The number of carboxylic acids is 1. The van der Waals surface area contributed by atoms with Crippen LogP contribution < -0.4 is 5.32 Å². The van der Waals surface area contributed by atoms with Gasteiger partial charge in [0.15, 0.2) is 6.10 Å². The summed E-state index contributed by atoms with van der Waals surface area (Å²) < 4.78 is 44.0. The second-order valence-electron chi connectivity index (χ2n) is 7.43. The zero-order valence-corrected chi connectivity index (χ0v) is 17.8. The smallest absolute Gasteiger partial charge is 0.475 e. The van der Waals surface area contributed by atoms with Crippen LogP contribution in [0.15, 0.2) is 16.8 Å². The van der Waals surface area contributed by atoms with Crippen LogP contribution >= 0.6 is 0 Å². The van der Waals surface area contributed by atoms with E-state index in [4.69, 9.17) is 19.2 Å². The van der Waals surface area contributed by atoms with Gasteiger partial charge in [-0.2, -0.15) is 13.2 Å². The molecule has 2 aromatic heterocycles. The van der Waals surface area contributed by atoms with Gasteiger partial charge in [0.1, 0.15) is 5.82 Å². The number of hydrogen-bond donors (Lipinski definition) is 2. The number of ether oxygens (including phenoxy) is 1. The van der Waals surface area contributed by atoms with Crippen molar-refractivity contribution >= 4 is 23.7 Å². The first-order valence-electron chi connectivity index (χ1n) is 9.56. The summed E-state index contributed by atoms with van der Waals surface area (Å²) in [5, 5.41) is 13.4. The molecule has 2 N–H and O–H groups in total. The summed E-state index contributed by atoms with van der Waals surface area (Å²) in [7, 11) is 0. The van der Waals surface area contributed by atoms with Crippen molar-refractivity contribution in [3.63, 3.8) is 0 Å². The van der Waals surface area contributed by atoms with E-state index in [1.807, 2.05) is 24.6 Å². The maximum atomic E-state index is 12.5. The molecule has 0 fully saturated rings. The van der Waals surface area contributed by atoms with Gasteiger partial charge in [0.05, 0.1) is 17.3 Å². The number of fused-ring (bicyclic) bond motifs is 1. The lowest BCUT2D eigenvalue weighted by atomic mass is 9.91. The monoisotopic (exact) mass is 460 g/mol. The number of rotatable bonds is 4. The lowest BCUT2D eigenvalue weighted by Gasteiger charge is -2.27. The van der Waals surface area contributed by atoms with Gasteiger partial charge in [-0.1, -0.05) is 12.1 Å². The van der Waals surface area contributed by atoms with Crippen LogP contribution in [0, 0.1) is 19.8 Å². The lowest BCUT2D eigenvalue weighted by Crippen LogP contribution is -2.35. The second kappa shape index (κ2) is 9.83. The maximum absolute atomic E-state index is 12.5. The van der Waals surface area contributed by atoms with Crippen molar-refractivity contribution < 1.29 is 41.9 Å². The SMILES string of the molecule is Cc1cc(NC(=O)C(C)OC(=O)[C@@H]2C[C@H](C)c3nc(C)cn3C2)on1.O=C(O)C(F)(F)F. The van der Waals surface area contributed by atoms with E-state index in [9.17, 15) is 22.8 Å². The van der Waals surface area contributed by atoms with Crippen LogP contribution in [0.1, 0.15) is 43.4 Å². The van der Waals surface area contributed by atoms with Crippen molar-refractivity contribution in [3.05, 3.63) is 29.5 Å². The molecule has 13 heteroatoms. The molecule has 32 heavy (non-hydrogen) atoms. The molecule has 3 atom stereocenters. The van der Waals surface area contributed by atoms with Crippen LogP contribution in [0.2, 0.25) is 0 Å². The molecule has 0 bridgehead atoms. The molecule has 0 spiro atoms. The number of amides is 1. The van der Waals surface area contributed by atoms with Gasteiger partial charge in [0, 0.05) is 24.7 Å². The Hall–Kier alpha value is -3.38. The Kier molecular flexibility index (Phi) is 7.65. The number of carbonyl (C=O) groups is 3. The van der Waals surface area contributed by atoms with E-state index in [0.29, 0.717) is 18.7 Å². The highest BCUT2D eigenvalue weighted by Gasteiger charge is 2.38. The minimum atomic E-state index is -5.08. The Morgan fingerprint density at radius 1 is 1.31 bits per heavy atom. The average molecular weight is 460 g/mol. The van der Waals surface area contributed by atoms with Gasteiger partial charge in [0.2, 0.25) is 5.88 Å². The predicted octanol–water partition coefficient (Wildman–Crippen LogP) is 2.82. The van der Waals surface area contributed by atoms with E-state index in [1.54, 1.807) is 13.0 Å². The van der Waals surface area contributed by atoms with Crippen LogP contribution in [0.3, 0.4) is 0 Å². The predicted molar refractivity (Wildman–Crippen MR) is 103 cm³/mol. The fraction of sp³-hybridized carbons (Fsp3) is 0.526. The van der Waals surface area contributed by atoms with Crippen LogP contribution in [0.5, 0.6) is 0 Å². The minimum absolute atomic E-state index is 0.168. The molecular weight excluding hydrogens is 437 g/mol. The van der Waals surface area contributed by atoms with Crippen molar-refractivity contribution in [2.75, 3.05) is 5.32 Å². The number of carboxylic acid groups (broad SMARTS) is 1. The fourth-order valence-electron chi connectivity index (χ4n) is 3.09. The molecule has 0 saturated heterocycles. The Morgan fingerprint density at radius 3 is 2.47 bits per heavy atom. The van der Waals surface area contributed by atoms with Gasteiger partial charge >= 0.3 is 18.1 Å². The summed E-state index contributed by atoms with van der Waals surface area (Å²) in [4.78, 5) is 38.0. The van der Waals surface area contributed by atoms with E-state index in [2.05, 4.69) is 15.5 Å². The molecule has 176 valence electrons. The number of imidazole rings is 1. The highest BCUT2D eigenvalue weighted by molar-refractivity contribution is 5.94. The van der Waals surface area contributed by atoms with Gasteiger partial charge in [-0.05, 0) is 27.2 Å². The number of nitrogens with zero attached hydrogens (tertiary/aromatic N) is 3. The molecule has 0 aromatic carbocycles. The summed E-state index contributed by atoms with van der Waals surface area (Å²) in [5.41, 5.74) is 1.59. The number of hydrogen-bond acceptors (Lipinski definition) is 7. The van der Waals surface area contributed by atoms with Crippen LogP contribution in [0.4, 0.5) is 19.1 Å². The molecule has 0 saturated carbocycles. The number of halogens is 3. The quantitative estimate of drug-likeness (QED) is 0.665. The van der Waals surface area contributed by atoms with Gasteiger partial charge < -0.3 is 18.9 Å². The number of aryl methyl sites for hydroxylation is 2. The largest absolute Gasteiger partial charge is 0.490 e. The molecule has 1 amide bonds. The number of anilines is 1. The van der Waals surface area contributed by atoms with Crippen molar-refractivity contribution in [1.29, 1.82) is 0 Å². The molecule has 0 radical (unpaired) electrons. The fourth-order valence-corrected chi connectivity index (χ4v) is 3.09. The topological polar surface area (TPSA) is 137 Å². The van der Waals surface area contributed by atoms with Crippen LogP contribution in [0.25, 0.3) is 0 Å². The summed E-state index contributed by atoms with van der Waals surface area (Å²) in [6.45, 7) is 7.78. The maximum Gasteiger partial charge on any atom is 0.490 e. The third-order valence-corrected chi connectivity index (χ3v) is 4.54. The Bertz CT molecular complexity index is 984. The van der Waals surface area contributed by atoms with Gasteiger partial charge in [0.25, 0.3) is 5.91 Å². The molecule has 10 nitrogen and oxygen atoms in total. The normalized spacial score (nSPS) is 18.6. The lowest BCUT2D eigenvalue weighted by molar-refractivity contribution is -0.192. The zero-order valence-electron chi connectivity index (χ0n) is 17.8. The molecule has 1 aliphatic rings. The highest BCUT2D eigenvalue weighted by atomic mass is 19.4.